The first kappa shape index (κ1) is 22.8. The highest BCUT2D eigenvalue weighted by molar-refractivity contribution is 5.31. The maximum Gasteiger partial charge on any atom is 0.0791 e. The lowest BCUT2D eigenvalue weighted by atomic mass is 9.44. The predicted octanol–water partition coefficient (Wildman–Crippen LogP) is 6.75. The Hall–Kier alpha value is -0.340. The van der Waals surface area contributed by atoms with Crippen molar-refractivity contribution in [2.75, 3.05) is 0 Å². The molecule has 0 aliphatic heterocycles. The third-order valence-electron chi connectivity index (χ3n) is 11.0. The highest BCUT2D eigenvalue weighted by Crippen LogP contribution is 2.68. The minimum Gasteiger partial charge on any atom is -0.393 e. The molecule has 3 saturated carbocycles. The second-order valence-corrected chi connectivity index (χ2v) is 12.8. The first-order valence-corrected chi connectivity index (χ1v) is 13.1. The topological polar surface area (TPSA) is 40.5 Å². The van der Waals surface area contributed by atoms with Crippen LogP contribution >= 0.6 is 0 Å². The molecule has 2 heteroatoms. The van der Waals surface area contributed by atoms with Gasteiger partial charge in [0.15, 0.2) is 0 Å². The van der Waals surface area contributed by atoms with Crippen LogP contribution in [-0.2, 0) is 0 Å². The van der Waals surface area contributed by atoms with Gasteiger partial charge in [-0.1, -0.05) is 72.5 Å². The van der Waals surface area contributed by atoms with Crippen LogP contribution in [0.4, 0.5) is 0 Å². The molecule has 0 amide bonds. The van der Waals surface area contributed by atoms with E-state index in [-0.39, 0.29) is 17.4 Å². The van der Waals surface area contributed by atoms with Gasteiger partial charge in [-0.05, 0) is 80.0 Å². The SMILES string of the molecule is CC(C)CCC[C@@H](C)[C@H]1CC[C@H]2C3=CC[C@@]4(O)[C@H](C)[C@@H](O)CC[C@]4(C)[C@H]3CC[C@]12C. The Kier molecular flexibility index (Phi) is 6.02. The first-order valence-electron chi connectivity index (χ1n) is 13.1. The Labute approximate surface area is 185 Å². The van der Waals surface area contributed by atoms with Crippen LogP contribution in [0.5, 0.6) is 0 Å². The molecule has 0 aromatic rings. The number of rotatable bonds is 5. The largest absolute Gasteiger partial charge is 0.393 e. The average Bonchev–Trinajstić information content (AvgIpc) is 3.04. The molecule has 2 nitrogen and oxygen atoms in total. The molecule has 3 fully saturated rings. The monoisotopic (exact) mass is 416 g/mol. The van der Waals surface area contributed by atoms with Crippen LogP contribution < -0.4 is 0 Å². The van der Waals surface area contributed by atoms with Gasteiger partial charge in [-0.3, -0.25) is 0 Å². The summed E-state index contributed by atoms with van der Waals surface area (Å²) in [5.41, 5.74) is 1.34. The number of fused-ring (bicyclic) bond motifs is 5. The lowest BCUT2D eigenvalue weighted by Crippen LogP contribution is -2.63. The standard InChI is InChI=1S/C28H48O2/c1-18(2)8-7-9-19(3)22-10-11-23-21-12-17-28(30)20(4)25(29)14-16-27(28,6)24(21)13-15-26(22,23)5/h12,18-20,22-25,29-30H,7-11,13-17H2,1-6H3/t19-,20-,22-,23+,24+,25+,26-,27-,28-/m1/s1. The van der Waals surface area contributed by atoms with Gasteiger partial charge in [0.1, 0.15) is 0 Å². The molecule has 4 aliphatic carbocycles. The van der Waals surface area contributed by atoms with Crippen molar-refractivity contribution in [3.8, 4) is 0 Å². The van der Waals surface area contributed by atoms with E-state index in [1.165, 1.54) is 44.9 Å². The summed E-state index contributed by atoms with van der Waals surface area (Å²) in [5, 5.41) is 22.3. The Morgan fingerprint density at radius 1 is 1.00 bits per heavy atom. The Morgan fingerprint density at radius 2 is 1.73 bits per heavy atom. The lowest BCUT2D eigenvalue weighted by Gasteiger charge is -2.63. The van der Waals surface area contributed by atoms with Crippen LogP contribution in [0.3, 0.4) is 0 Å². The second kappa shape index (κ2) is 7.91. The minimum absolute atomic E-state index is 0.0281. The van der Waals surface area contributed by atoms with E-state index in [1.807, 2.05) is 0 Å². The first-order chi connectivity index (χ1) is 14.0. The Balaban J connectivity index is 1.56. The molecule has 172 valence electrons. The van der Waals surface area contributed by atoms with E-state index >= 15 is 0 Å². The van der Waals surface area contributed by atoms with Crippen LogP contribution in [0.2, 0.25) is 0 Å². The summed E-state index contributed by atoms with van der Waals surface area (Å²) in [6, 6.07) is 0. The summed E-state index contributed by atoms with van der Waals surface area (Å²) >= 11 is 0. The van der Waals surface area contributed by atoms with Gasteiger partial charge in [0.25, 0.3) is 0 Å². The molecular formula is C28H48O2. The number of hydrogen-bond acceptors (Lipinski definition) is 2. The van der Waals surface area contributed by atoms with Crippen molar-refractivity contribution >= 4 is 0 Å². The summed E-state index contributed by atoms with van der Waals surface area (Å²) in [7, 11) is 0. The van der Waals surface area contributed by atoms with Crippen molar-refractivity contribution in [3.63, 3.8) is 0 Å². The van der Waals surface area contributed by atoms with Gasteiger partial charge in [-0.15, -0.1) is 0 Å². The van der Waals surface area contributed by atoms with Crippen LogP contribution in [0.15, 0.2) is 11.6 Å². The highest BCUT2D eigenvalue weighted by Gasteiger charge is 2.64. The molecule has 0 spiro atoms. The average molecular weight is 417 g/mol. The Morgan fingerprint density at radius 3 is 2.43 bits per heavy atom. The number of allylic oxidation sites excluding steroid dienone is 1. The zero-order valence-corrected chi connectivity index (χ0v) is 20.6. The van der Waals surface area contributed by atoms with Gasteiger partial charge in [-0.25, -0.2) is 0 Å². The number of hydrogen-bond donors (Lipinski definition) is 2. The van der Waals surface area contributed by atoms with E-state index in [0.29, 0.717) is 11.3 Å². The summed E-state index contributed by atoms with van der Waals surface area (Å²) in [6.07, 6.45) is 14.1. The third-order valence-corrected chi connectivity index (χ3v) is 11.0. The number of aliphatic hydroxyl groups excluding tert-OH is 1. The zero-order chi connectivity index (χ0) is 21.9. The van der Waals surface area contributed by atoms with Crippen LogP contribution in [0.1, 0.15) is 106 Å². The van der Waals surface area contributed by atoms with E-state index < -0.39 is 5.60 Å². The molecule has 0 heterocycles. The molecule has 9 atom stereocenters. The van der Waals surface area contributed by atoms with Gasteiger partial charge >= 0.3 is 0 Å². The molecule has 4 rings (SSSR count). The van der Waals surface area contributed by atoms with Crippen LogP contribution in [0.25, 0.3) is 0 Å². The van der Waals surface area contributed by atoms with Crippen LogP contribution in [-0.4, -0.2) is 21.9 Å². The summed E-state index contributed by atoms with van der Waals surface area (Å²) in [5.74, 6) is 3.72. The quantitative estimate of drug-likeness (QED) is 0.487. The maximum atomic E-state index is 11.8. The zero-order valence-electron chi connectivity index (χ0n) is 20.6. The van der Waals surface area contributed by atoms with Crippen molar-refractivity contribution in [1.29, 1.82) is 0 Å². The van der Waals surface area contributed by atoms with Gasteiger partial charge in [0, 0.05) is 11.3 Å². The molecule has 0 bridgehead atoms. The molecule has 30 heavy (non-hydrogen) atoms. The highest BCUT2D eigenvalue weighted by atomic mass is 16.3. The second-order valence-electron chi connectivity index (χ2n) is 12.8. The van der Waals surface area contributed by atoms with Crippen molar-refractivity contribution in [3.05, 3.63) is 11.6 Å². The van der Waals surface area contributed by atoms with Gasteiger partial charge in [-0.2, -0.15) is 0 Å². The molecule has 0 aromatic carbocycles. The predicted molar refractivity (Wildman–Crippen MR) is 125 cm³/mol. The van der Waals surface area contributed by atoms with Gasteiger partial charge < -0.3 is 10.2 Å². The Bertz CT molecular complexity index is 668. The summed E-state index contributed by atoms with van der Waals surface area (Å²) in [4.78, 5) is 0. The van der Waals surface area contributed by atoms with Gasteiger partial charge in [0.2, 0.25) is 0 Å². The molecule has 2 N–H and O–H groups in total. The van der Waals surface area contributed by atoms with Crippen molar-refractivity contribution in [1.82, 2.24) is 0 Å². The van der Waals surface area contributed by atoms with Crippen molar-refractivity contribution in [2.24, 2.45) is 46.3 Å². The smallest absolute Gasteiger partial charge is 0.0791 e. The molecule has 0 radical (unpaired) electrons. The lowest BCUT2D eigenvalue weighted by molar-refractivity contribution is -0.202. The van der Waals surface area contributed by atoms with E-state index in [0.717, 1.165) is 42.9 Å². The third kappa shape index (κ3) is 3.26. The fraction of sp³-hybridized carbons (Fsp3) is 0.929. The molecular weight excluding hydrogens is 368 g/mol. The molecule has 0 unspecified atom stereocenters. The summed E-state index contributed by atoms with van der Waals surface area (Å²) in [6.45, 7) is 14.3. The summed E-state index contributed by atoms with van der Waals surface area (Å²) < 4.78 is 0. The maximum absolute atomic E-state index is 11.8. The fourth-order valence-corrected chi connectivity index (χ4v) is 8.91. The van der Waals surface area contributed by atoms with Gasteiger partial charge in [0.05, 0.1) is 11.7 Å². The minimum atomic E-state index is -0.741. The van der Waals surface area contributed by atoms with Crippen molar-refractivity contribution < 1.29 is 10.2 Å². The molecule has 4 aliphatic rings. The van der Waals surface area contributed by atoms with E-state index in [1.54, 1.807) is 5.57 Å². The normalized spacial score (nSPS) is 49.2. The number of aliphatic hydroxyl groups is 2. The van der Waals surface area contributed by atoms with E-state index in [4.69, 9.17) is 0 Å². The molecule has 0 aromatic heterocycles. The molecule has 0 saturated heterocycles. The van der Waals surface area contributed by atoms with Crippen molar-refractivity contribution in [2.45, 2.75) is 117 Å². The fourth-order valence-electron chi connectivity index (χ4n) is 8.91. The van der Waals surface area contributed by atoms with E-state index in [9.17, 15) is 10.2 Å². The van der Waals surface area contributed by atoms with E-state index in [2.05, 4.69) is 47.6 Å². The van der Waals surface area contributed by atoms with Crippen LogP contribution in [0, 0.1) is 46.3 Å².